The SMILES string of the molecule is CC1=C(C(=O)Nc2cccc(C)n2)C(c2cccc([N+](=O)[O-])c2)C2=C(CC(C)(C)CC2=O)N1. The van der Waals surface area contributed by atoms with Crippen LogP contribution in [0.3, 0.4) is 0 Å². The highest BCUT2D eigenvalue weighted by molar-refractivity contribution is 6.09. The number of aromatic nitrogens is 1. The van der Waals surface area contributed by atoms with Gasteiger partial charge in [0.2, 0.25) is 0 Å². The molecule has 1 aliphatic carbocycles. The number of nitrogens with one attached hydrogen (secondary N) is 2. The number of aryl methyl sites for hydroxylation is 1. The van der Waals surface area contributed by atoms with Gasteiger partial charge in [-0.3, -0.25) is 19.7 Å². The van der Waals surface area contributed by atoms with Gasteiger partial charge < -0.3 is 10.6 Å². The number of carbonyl (C=O) groups is 2. The number of carbonyl (C=O) groups excluding carboxylic acids is 2. The van der Waals surface area contributed by atoms with Gasteiger partial charge in [0.15, 0.2) is 5.78 Å². The van der Waals surface area contributed by atoms with Crippen molar-refractivity contribution in [3.63, 3.8) is 0 Å². The average molecular weight is 447 g/mol. The smallest absolute Gasteiger partial charge is 0.269 e. The van der Waals surface area contributed by atoms with Crippen molar-refractivity contribution in [1.82, 2.24) is 10.3 Å². The van der Waals surface area contributed by atoms with Crippen LogP contribution in [0.15, 0.2) is 65.0 Å². The van der Waals surface area contributed by atoms with Gasteiger partial charge in [0.1, 0.15) is 5.82 Å². The Morgan fingerprint density at radius 3 is 2.61 bits per heavy atom. The predicted octanol–water partition coefficient (Wildman–Crippen LogP) is 4.54. The molecule has 170 valence electrons. The molecule has 0 spiro atoms. The summed E-state index contributed by atoms with van der Waals surface area (Å²) < 4.78 is 0. The minimum atomic E-state index is -0.713. The van der Waals surface area contributed by atoms with Crippen molar-refractivity contribution in [3.05, 3.63) is 86.4 Å². The lowest BCUT2D eigenvalue weighted by Crippen LogP contribution is -2.39. The number of pyridine rings is 1. The first-order valence-corrected chi connectivity index (χ1v) is 10.8. The van der Waals surface area contributed by atoms with Crippen LogP contribution in [-0.2, 0) is 9.59 Å². The molecule has 8 nitrogen and oxygen atoms in total. The third-order valence-corrected chi connectivity index (χ3v) is 6.03. The predicted molar refractivity (Wildman–Crippen MR) is 124 cm³/mol. The maximum Gasteiger partial charge on any atom is 0.269 e. The molecule has 0 saturated carbocycles. The first-order valence-electron chi connectivity index (χ1n) is 10.8. The summed E-state index contributed by atoms with van der Waals surface area (Å²) in [5.41, 5.74) is 3.22. The zero-order valence-corrected chi connectivity index (χ0v) is 19.1. The number of non-ortho nitro benzene ring substituents is 1. The molecule has 0 fully saturated rings. The molecule has 0 bridgehead atoms. The lowest BCUT2D eigenvalue weighted by atomic mass is 9.68. The summed E-state index contributed by atoms with van der Waals surface area (Å²) in [5.74, 6) is -0.779. The number of nitrogens with zero attached hydrogens (tertiary/aromatic N) is 2. The Labute approximate surface area is 192 Å². The topological polar surface area (TPSA) is 114 Å². The van der Waals surface area contributed by atoms with Crippen molar-refractivity contribution >= 4 is 23.2 Å². The number of anilines is 1. The molecule has 1 aromatic carbocycles. The van der Waals surface area contributed by atoms with Crippen LogP contribution in [0.5, 0.6) is 0 Å². The first-order chi connectivity index (χ1) is 15.6. The van der Waals surface area contributed by atoms with E-state index in [0.717, 1.165) is 11.4 Å². The van der Waals surface area contributed by atoms with E-state index in [0.29, 0.717) is 41.1 Å². The number of nitro groups is 1. The van der Waals surface area contributed by atoms with E-state index in [9.17, 15) is 19.7 Å². The summed E-state index contributed by atoms with van der Waals surface area (Å²) in [6, 6.07) is 11.5. The van der Waals surface area contributed by atoms with Crippen molar-refractivity contribution in [1.29, 1.82) is 0 Å². The van der Waals surface area contributed by atoms with E-state index in [1.807, 2.05) is 26.8 Å². The largest absolute Gasteiger partial charge is 0.362 e. The molecule has 1 amide bonds. The summed E-state index contributed by atoms with van der Waals surface area (Å²) in [6.45, 7) is 7.68. The summed E-state index contributed by atoms with van der Waals surface area (Å²) in [6.07, 6.45) is 0.984. The lowest BCUT2D eigenvalue weighted by molar-refractivity contribution is -0.384. The number of dihydropyridines is 1. The number of nitro benzene ring substituents is 1. The van der Waals surface area contributed by atoms with E-state index in [4.69, 9.17) is 0 Å². The summed E-state index contributed by atoms with van der Waals surface area (Å²) in [4.78, 5) is 42.1. The quantitative estimate of drug-likeness (QED) is 0.526. The van der Waals surface area contributed by atoms with E-state index in [2.05, 4.69) is 15.6 Å². The van der Waals surface area contributed by atoms with Crippen LogP contribution in [0.4, 0.5) is 11.5 Å². The van der Waals surface area contributed by atoms with E-state index in [-0.39, 0.29) is 16.9 Å². The number of ketones is 1. The Hall–Kier alpha value is -3.81. The van der Waals surface area contributed by atoms with Gasteiger partial charge in [-0.25, -0.2) is 4.98 Å². The minimum Gasteiger partial charge on any atom is -0.362 e. The number of amides is 1. The molecule has 8 heteroatoms. The van der Waals surface area contributed by atoms with E-state index in [1.54, 1.807) is 31.2 Å². The van der Waals surface area contributed by atoms with Crippen LogP contribution in [0, 0.1) is 22.5 Å². The van der Waals surface area contributed by atoms with E-state index >= 15 is 0 Å². The van der Waals surface area contributed by atoms with E-state index < -0.39 is 16.7 Å². The van der Waals surface area contributed by atoms with Gasteiger partial charge in [0.05, 0.1) is 4.92 Å². The lowest BCUT2D eigenvalue weighted by Gasteiger charge is -2.39. The highest BCUT2D eigenvalue weighted by Crippen LogP contribution is 2.47. The van der Waals surface area contributed by atoms with Crippen LogP contribution in [-0.4, -0.2) is 21.6 Å². The fourth-order valence-corrected chi connectivity index (χ4v) is 4.68. The zero-order chi connectivity index (χ0) is 23.9. The molecule has 2 aliphatic rings. The third kappa shape index (κ3) is 4.41. The molecule has 0 saturated heterocycles. The molecule has 1 aromatic heterocycles. The number of allylic oxidation sites excluding steroid dienone is 3. The highest BCUT2D eigenvalue weighted by Gasteiger charge is 2.43. The standard InChI is InChI=1S/C25H26N4O4/c1-14-7-5-10-20(26-14)28-24(31)21-15(2)27-18-12-25(3,4)13-19(30)23(18)22(21)16-8-6-9-17(11-16)29(32)33/h5-11,22,27H,12-13H2,1-4H3,(H,26,28,31). The number of hydrogen-bond acceptors (Lipinski definition) is 6. The number of rotatable bonds is 4. The van der Waals surface area contributed by atoms with Crippen LogP contribution < -0.4 is 10.6 Å². The molecule has 2 N–H and O–H groups in total. The Kier molecular flexibility index (Phi) is 5.61. The van der Waals surface area contributed by atoms with Crippen LogP contribution in [0.2, 0.25) is 0 Å². The third-order valence-electron chi connectivity index (χ3n) is 6.03. The number of benzene rings is 1. The first kappa shape index (κ1) is 22.4. The molecule has 2 heterocycles. The van der Waals surface area contributed by atoms with E-state index in [1.165, 1.54) is 12.1 Å². The second kappa shape index (κ2) is 8.27. The fraction of sp³-hybridized carbons (Fsp3) is 0.320. The normalized spacial score (nSPS) is 19.6. The Balaban J connectivity index is 1.84. The van der Waals surface area contributed by atoms with Gasteiger partial charge in [-0.2, -0.15) is 0 Å². The Morgan fingerprint density at radius 2 is 1.91 bits per heavy atom. The maximum atomic E-state index is 13.5. The number of Topliss-reactive ketones (excluding diaryl/α,β-unsaturated/α-hetero) is 1. The minimum absolute atomic E-state index is 0.0586. The van der Waals surface area contributed by atoms with Gasteiger partial charge >= 0.3 is 0 Å². The summed E-state index contributed by atoms with van der Waals surface area (Å²) >= 11 is 0. The van der Waals surface area contributed by atoms with Gasteiger partial charge in [0, 0.05) is 52.7 Å². The molecular weight excluding hydrogens is 420 g/mol. The van der Waals surface area contributed by atoms with Gasteiger partial charge in [-0.05, 0) is 43.4 Å². The zero-order valence-electron chi connectivity index (χ0n) is 19.1. The van der Waals surface area contributed by atoms with Crippen LogP contribution in [0.1, 0.15) is 50.8 Å². The molecule has 2 aromatic rings. The second-order valence-corrected chi connectivity index (χ2v) is 9.40. The second-order valence-electron chi connectivity index (χ2n) is 9.40. The molecule has 4 rings (SSSR count). The molecule has 1 aliphatic heterocycles. The van der Waals surface area contributed by atoms with Gasteiger partial charge in [-0.15, -0.1) is 0 Å². The van der Waals surface area contributed by atoms with Gasteiger partial charge in [0.25, 0.3) is 11.6 Å². The molecular formula is C25H26N4O4. The Morgan fingerprint density at radius 1 is 1.18 bits per heavy atom. The summed E-state index contributed by atoms with van der Waals surface area (Å²) in [5, 5.41) is 17.6. The fourth-order valence-electron chi connectivity index (χ4n) is 4.68. The van der Waals surface area contributed by atoms with Crippen molar-refractivity contribution in [2.24, 2.45) is 5.41 Å². The van der Waals surface area contributed by atoms with Crippen molar-refractivity contribution in [2.75, 3.05) is 5.32 Å². The Bertz CT molecular complexity index is 1240. The maximum absolute atomic E-state index is 13.5. The van der Waals surface area contributed by atoms with Crippen LogP contribution >= 0.6 is 0 Å². The van der Waals surface area contributed by atoms with Crippen LogP contribution in [0.25, 0.3) is 0 Å². The molecule has 1 unspecified atom stereocenters. The highest BCUT2D eigenvalue weighted by atomic mass is 16.6. The van der Waals surface area contributed by atoms with Crippen molar-refractivity contribution in [2.45, 2.75) is 46.5 Å². The molecule has 0 radical (unpaired) electrons. The number of hydrogen-bond donors (Lipinski definition) is 2. The molecule has 33 heavy (non-hydrogen) atoms. The van der Waals surface area contributed by atoms with Crippen molar-refractivity contribution < 1.29 is 14.5 Å². The molecule has 1 atom stereocenters. The summed E-state index contributed by atoms with van der Waals surface area (Å²) in [7, 11) is 0. The monoisotopic (exact) mass is 446 g/mol. The average Bonchev–Trinajstić information content (AvgIpc) is 2.71. The van der Waals surface area contributed by atoms with Crippen molar-refractivity contribution in [3.8, 4) is 0 Å². The van der Waals surface area contributed by atoms with Gasteiger partial charge in [-0.1, -0.05) is 32.0 Å².